The van der Waals surface area contributed by atoms with Gasteiger partial charge in [-0.2, -0.15) is 0 Å². The third kappa shape index (κ3) is 3.46. The van der Waals surface area contributed by atoms with E-state index >= 15 is 0 Å². The Bertz CT molecular complexity index is 693. The van der Waals surface area contributed by atoms with Gasteiger partial charge in [0.15, 0.2) is 0 Å². The van der Waals surface area contributed by atoms with E-state index in [9.17, 15) is 0 Å². The second-order valence-electron chi connectivity index (χ2n) is 7.58. The van der Waals surface area contributed by atoms with Crippen LogP contribution in [0.3, 0.4) is 0 Å². The molecule has 4 heterocycles. The lowest BCUT2D eigenvalue weighted by molar-refractivity contribution is 0.103. The van der Waals surface area contributed by atoms with Gasteiger partial charge in [-0.3, -0.25) is 14.8 Å². The molecule has 0 radical (unpaired) electrons. The molecule has 2 fully saturated rings. The van der Waals surface area contributed by atoms with Gasteiger partial charge in [0.25, 0.3) is 0 Å². The van der Waals surface area contributed by atoms with Crippen LogP contribution in [0.1, 0.15) is 49.6 Å². The minimum absolute atomic E-state index is 0.288. The van der Waals surface area contributed by atoms with E-state index in [1.165, 1.54) is 18.4 Å². The molecule has 2 aliphatic heterocycles. The van der Waals surface area contributed by atoms with E-state index in [1.54, 1.807) is 0 Å². The SMILES string of the molecule is CCN1CC2(CCN(Cc3cccnc3)CC2)CC1c1nnc(C)o1. The fourth-order valence-corrected chi connectivity index (χ4v) is 4.46. The number of hydrogen-bond acceptors (Lipinski definition) is 6. The molecule has 25 heavy (non-hydrogen) atoms. The summed E-state index contributed by atoms with van der Waals surface area (Å²) >= 11 is 0. The number of likely N-dealkylation sites (tertiary alicyclic amines) is 2. The zero-order valence-electron chi connectivity index (χ0n) is 15.2. The molecule has 2 aromatic heterocycles. The lowest BCUT2D eigenvalue weighted by atomic mass is 9.76. The van der Waals surface area contributed by atoms with Gasteiger partial charge in [-0.05, 0) is 55.9 Å². The molecule has 1 atom stereocenters. The molecule has 6 heteroatoms. The van der Waals surface area contributed by atoms with Crippen molar-refractivity contribution in [1.82, 2.24) is 25.0 Å². The van der Waals surface area contributed by atoms with Crippen LogP contribution >= 0.6 is 0 Å². The summed E-state index contributed by atoms with van der Waals surface area (Å²) in [7, 11) is 0. The molecular formula is C19H27N5O. The molecule has 0 bridgehead atoms. The first-order valence-corrected chi connectivity index (χ1v) is 9.33. The number of aryl methyl sites for hydroxylation is 1. The van der Waals surface area contributed by atoms with Crippen LogP contribution in [-0.2, 0) is 6.54 Å². The summed E-state index contributed by atoms with van der Waals surface area (Å²) in [6.45, 7) is 9.60. The Morgan fingerprint density at radius 3 is 2.76 bits per heavy atom. The first-order valence-electron chi connectivity index (χ1n) is 9.33. The summed E-state index contributed by atoms with van der Waals surface area (Å²) in [5.74, 6) is 1.47. The van der Waals surface area contributed by atoms with Crippen LogP contribution in [0.2, 0.25) is 0 Å². The zero-order chi connectivity index (χ0) is 17.3. The zero-order valence-corrected chi connectivity index (χ0v) is 15.2. The monoisotopic (exact) mass is 341 g/mol. The van der Waals surface area contributed by atoms with E-state index in [2.05, 4.69) is 38.0 Å². The van der Waals surface area contributed by atoms with Crippen molar-refractivity contribution in [2.75, 3.05) is 26.2 Å². The summed E-state index contributed by atoms with van der Waals surface area (Å²) < 4.78 is 5.75. The summed E-state index contributed by atoms with van der Waals surface area (Å²) in [4.78, 5) is 9.31. The van der Waals surface area contributed by atoms with E-state index in [1.807, 2.05) is 25.4 Å². The average molecular weight is 341 g/mol. The highest BCUT2D eigenvalue weighted by atomic mass is 16.4. The van der Waals surface area contributed by atoms with Crippen LogP contribution in [0, 0.1) is 12.3 Å². The number of hydrogen-bond donors (Lipinski definition) is 0. The minimum Gasteiger partial charge on any atom is -0.424 e. The molecule has 0 saturated carbocycles. The molecule has 2 saturated heterocycles. The highest BCUT2D eigenvalue weighted by molar-refractivity contribution is 5.09. The lowest BCUT2D eigenvalue weighted by Crippen LogP contribution is -2.41. The van der Waals surface area contributed by atoms with Gasteiger partial charge in [0.1, 0.15) is 0 Å². The summed E-state index contributed by atoms with van der Waals surface area (Å²) in [5, 5.41) is 8.33. The Morgan fingerprint density at radius 1 is 1.28 bits per heavy atom. The maximum Gasteiger partial charge on any atom is 0.233 e. The van der Waals surface area contributed by atoms with Gasteiger partial charge in [0.2, 0.25) is 11.8 Å². The molecule has 1 spiro atoms. The molecule has 4 rings (SSSR count). The second-order valence-corrected chi connectivity index (χ2v) is 7.58. The van der Waals surface area contributed by atoms with Crippen LogP contribution in [0.15, 0.2) is 28.9 Å². The van der Waals surface area contributed by atoms with Gasteiger partial charge in [-0.25, -0.2) is 0 Å². The van der Waals surface area contributed by atoms with Gasteiger partial charge in [-0.15, -0.1) is 10.2 Å². The van der Waals surface area contributed by atoms with Crippen molar-refractivity contribution >= 4 is 0 Å². The fourth-order valence-electron chi connectivity index (χ4n) is 4.46. The summed E-state index contributed by atoms with van der Waals surface area (Å²) in [6.07, 6.45) is 7.45. The van der Waals surface area contributed by atoms with Gasteiger partial charge in [0.05, 0.1) is 6.04 Å². The molecule has 6 nitrogen and oxygen atoms in total. The predicted molar refractivity (Wildman–Crippen MR) is 94.8 cm³/mol. The molecular weight excluding hydrogens is 314 g/mol. The standard InChI is InChI=1S/C19H27N5O/c1-3-24-14-19(11-17(24)18-22-21-15(2)25-18)6-9-23(10-7-19)13-16-5-4-8-20-12-16/h4-5,8,12,17H,3,6-7,9-11,13-14H2,1-2H3. The van der Waals surface area contributed by atoms with Crippen LogP contribution in [0.25, 0.3) is 0 Å². The van der Waals surface area contributed by atoms with Crippen molar-refractivity contribution < 1.29 is 4.42 Å². The number of piperidine rings is 1. The Balaban J connectivity index is 1.40. The quantitative estimate of drug-likeness (QED) is 0.852. The third-order valence-electron chi connectivity index (χ3n) is 5.88. The van der Waals surface area contributed by atoms with Crippen molar-refractivity contribution in [1.29, 1.82) is 0 Å². The van der Waals surface area contributed by atoms with Crippen molar-refractivity contribution in [2.45, 2.75) is 45.7 Å². The molecule has 1 unspecified atom stereocenters. The van der Waals surface area contributed by atoms with E-state index in [-0.39, 0.29) is 6.04 Å². The maximum absolute atomic E-state index is 5.75. The van der Waals surface area contributed by atoms with E-state index < -0.39 is 0 Å². The van der Waals surface area contributed by atoms with Gasteiger partial charge in [-0.1, -0.05) is 13.0 Å². The van der Waals surface area contributed by atoms with E-state index in [0.29, 0.717) is 11.3 Å². The Labute approximate surface area is 149 Å². The maximum atomic E-state index is 5.75. The second kappa shape index (κ2) is 6.84. The van der Waals surface area contributed by atoms with Crippen molar-refractivity contribution in [3.8, 4) is 0 Å². The number of aromatic nitrogens is 3. The lowest BCUT2D eigenvalue weighted by Gasteiger charge is -2.39. The van der Waals surface area contributed by atoms with Crippen LogP contribution in [-0.4, -0.2) is 51.2 Å². The highest BCUT2D eigenvalue weighted by Crippen LogP contribution is 2.48. The Kier molecular flexibility index (Phi) is 4.56. The molecule has 134 valence electrons. The normalized spacial score (nSPS) is 24.2. The Hall–Kier alpha value is -1.79. The number of nitrogens with zero attached hydrogens (tertiary/aromatic N) is 5. The molecule has 0 aliphatic carbocycles. The Morgan fingerprint density at radius 2 is 2.12 bits per heavy atom. The predicted octanol–water partition coefficient (Wildman–Crippen LogP) is 2.82. The summed E-state index contributed by atoms with van der Waals surface area (Å²) in [6, 6.07) is 4.48. The first kappa shape index (κ1) is 16.7. The van der Waals surface area contributed by atoms with Crippen LogP contribution < -0.4 is 0 Å². The molecule has 0 aromatic carbocycles. The van der Waals surface area contributed by atoms with Crippen LogP contribution in [0.5, 0.6) is 0 Å². The largest absolute Gasteiger partial charge is 0.424 e. The number of rotatable bonds is 4. The average Bonchev–Trinajstić information content (AvgIpc) is 3.22. The molecule has 0 N–H and O–H groups in total. The number of pyridine rings is 1. The minimum atomic E-state index is 0.288. The van der Waals surface area contributed by atoms with E-state index in [0.717, 1.165) is 45.0 Å². The molecule has 2 aromatic rings. The van der Waals surface area contributed by atoms with Gasteiger partial charge in [0, 0.05) is 32.4 Å². The topological polar surface area (TPSA) is 58.3 Å². The molecule has 0 amide bonds. The van der Waals surface area contributed by atoms with E-state index in [4.69, 9.17) is 4.42 Å². The van der Waals surface area contributed by atoms with Crippen LogP contribution in [0.4, 0.5) is 0 Å². The van der Waals surface area contributed by atoms with Gasteiger partial charge >= 0.3 is 0 Å². The third-order valence-corrected chi connectivity index (χ3v) is 5.88. The van der Waals surface area contributed by atoms with Crippen molar-refractivity contribution in [3.63, 3.8) is 0 Å². The summed E-state index contributed by atoms with van der Waals surface area (Å²) in [5.41, 5.74) is 1.70. The fraction of sp³-hybridized carbons (Fsp3) is 0.632. The van der Waals surface area contributed by atoms with Crippen molar-refractivity contribution in [2.24, 2.45) is 5.41 Å². The molecule has 2 aliphatic rings. The van der Waals surface area contributed by atoms with Gasteiger partial charge < -0.3 is 4.42 Å². The smallest absolute Gasteiger partial charge is 0.233 e. The first-order chi connectivity index (χ1) is 12.2. The highest BCUT2D eigenvalue weighted by Gasteiger charge is 2.47. The van der Waals surface area contributed by atoms with Crippen molar-refractivity contribution in [3.05, 3.63) is 41.9 Å².